The number of ketones is 1. The number of hydrogen-bond acceptors (Lipinski definition) is 5. The highest BCUT2D eigenvalue weighted by molar-refractivity contribution is 7.21. The van der Waals surface area contributed by atoms with Crippen molar-refractivity contribution in [3.63, 3.8) is 0 Å². The van der Waals surface area contributed by atoms with Crippen LogP contribution in [0.2, 0.25) is 0 Å². The van der Waals surface area contributed by atoms with Gasteiger partial charge in [0.1, 0.15) is 15.4 Å². The first-order valence-electron chi connectivity index (χ1n) is 11.2. The predicted octanol–water partition coefficient (Wildman–Crippen LogP) is 6.92. The number of thiophene rings is 1. The molecular weight excluding hydrogens is 428 g/mol. The zero-order chi connectivity index (χ0) is 22.4. The van der Waals surface area contributed by atoms with Crippen molar-refractivity contribution < 1.29 is 9.21 Å². The summed E-state index contributed by atoms with van der Waals surface area (Å²) in [7, 11) is 0. The van der Waals surface area contributed by atoms with Gasteiger partial charge in [0.05, 0.1) is 12.0 Å². The molecule has 0 fully saturated rings. The fraction of sp³-hybridized carbons (Fsp3) is 0.143. The minimum Gasteiger partial charge on any atom is -0.463 e. The zero-order valence-corrected chi connectivity index (χ0v) is 18.8. The number of furan rings is 1. The Balaban J connectivity index is 1.44. The molecule has 1 aliphatic rings. The summed E-state index contributed by atoms with van der Waals surface area (Å²) in [6, 6.07) is 21.7. The van der Waals surface area contributed by atoms with Gasteiger partial charge in [0.15, 0.2) is 5.76 Å². The fourth-order valence-electron chi connectivity index (χ4n) is 4.77. The lowest BCUT2D eigenvalue weighted by atomic mass is 9.88. The predicted molar refractivity (Wildman–Crippen MR) is 134 cm³/mol. The van der Waals surface area contributed by atoms with Crippen LogP contribution >= 0.6 is 11.3 Å². The molecule has 162 valence electrons. The van der Waals surface area contributed by atoms with Gasteiger partial charge in [0.2, 0.25) is 5.78 Å². The molecule has 0 saturated carbocycles. The minimum atomic E-state index is -0.0563. The summed E-state index contributed by atoms with van der Waals surface area (Å²) in [6.07, 6.45) is 5.81. The number of carbonyl (C=O) groups is 1. The summed E-state index contributed by atoms with van der Waals surface area (Å²) in [5.41, 5.74) is 13.3. The zero-order valence-electron chi connectivity index (χ0n) is 18.0. The molecule has 0 atom stereocenters. The van der Waals surface area contributed by atoms with E-state index in [1.807, 2.05) is 54.6 Å². The second-order valence-electron chi connectivity index (χ2n) is 8.40. The van der Waals surface area contributed by atoms with Crippen LogP contribution in [0.1, 0.15) is 39.2 Å². The number of benzene rings is 2. The van der Waals surface area contributed by atoms with Crippen molar-refractivity contribution in [3.05, 3.63) is 94.6 Å². The quantitative estimate of drug-likeness (QED) is 0.302. The van der Waals surface area contributed by atoms with Gasteiger partial charge in [-0.25, -0.2) is 4.98 Å². The number of pyridine rings is 1. The number of anilines is 1. The molecule has 0 saturated heterocycles. The van der Waals surface area contributed by atoms with Crippen LogP contribution in [0, 0.1) is 0 Å². The molecule has 6 rings (SSSR count). The van der Waals surface area contributed by atoms with Crippen LogP contribution in [0.25, 0.3) is 32.8 Å². The van der Waals surface area contributed by atoms with Gasteiger partial charge in [-0.15, -0.1) is 11.3 Å². The maximum Gasteiger partial charge on any atom is 0.205 e. The van der Waals surface area contributed by atoms with E-state index in [-0.39, 0.29) is 5.78 Å². The average Bonchev–Trinajstić information content (AvgIpc) is 3.52. The van der Waals surface area contributed by atoms with E-state index in [4.69, 9.17) is 15.1 Å². The van der Waals surface area contributed by atoms with Gasteiger partial charge in [0.25, 0.3) is 0 Å². The van der Waals surface area contributed by atoms with Crippen LogP contribution in [-0.4, -0.2) is 10.8 Å². The molecule has 0 radical (unpaired) electrons. The summed E-state index contributed by atoms with van der Waals surface area (Å²) < 4.78 is 5.68. The first kappa shape index (κ1) is 19.9. The van der Waals surface area contributed by atoms with E-state index in [0.29, 0.717) is 16.1 Å². The van der Waals surface area contributed by atoms with Gasteiger partial charge in [-0.2, -0.15) is 0 Å². The van der Waals surface area contributed by atoms with Crippen LogP contribution in [0.15, 0.2) is 77.4 Å². The number of carbonyl (C=O) groups excluding carboxylic acids is 1. The molecule has 4 nitrogen and oxygen atoms in total. The highest BCUT2D eigenvalue weighted by Gasteiger charge is 2.26. The monoisotopic (exact) mass is 450 g/mol. The Labute approximate surface area is 195 Å². The van der Waals surface area contributed by atoms with Crippen molar-refractivity contribution in [3.8, 4) is 22.6 Å². The van der Waals surface area contributed by atoms with Crippen LogP contribution in [0.4, 0.5) is 5.69 Å². The van der Waals surface area contributed by atoms with Crippen molar-refractivity contribution in [2.75, 3.05) is 5.73 Å². The third-order valence-corrected chi connectivity index (χ3v) is 7.51. The van der Waals surface area contributed by atoms with E-state index in [2.05, 4.69) is 12.1 Å². The molecule has 33 heavy (non-hydrogen) atoms. The molecule has 2 N–H and O–H groups in total. The number of aryl methyl sites for hydroxylation is 1. The van der Waals surface area contributed by atoms with Crippen LogP contribution in [-0.2, 0) is 12.8 Å². The molecule has 5 aromatic rings. The van der Waals surface area contributed by atoms with E-state index >= 15 is 0 Å². The van der Waals surface area contributed by atoms with E-state index in [0.717, 1.165) is 58.5 Å². The Hall–Kier alpha value is -3.70. The largest absolute Gasteiger partial charge is 0.463 e. The van der Waals surface area contributed by atoms with Crippen LogP contribution in [0.3, 0.4) is 0 Å². The highest BCUT2D eigenvalue weighted by atomic mass is 32.1. The lowest BCUT2D eigenvalue weighted by Gasteiger charge is -2.19. The molecule has 0 unspecified atom stereocenters. The van der Waals surface area contributed by atoms with Gasteiger partial charge in [-0.1, -0.05) is 54.6 Å². The number of hydrogen-bond donors (Lipinski definition) is 1. The van der Waals surface area contributed by atoms with E-state index in [1.165, 1.54) is 22.5 Å². The molecule has 0 spiro atoms. The molecule has 2 aromatic carbocycles. The van der Waals surface area contributed by atoms with Crippen molar-refractivity contribution in [1.29, 1.82) is 0 Å². The van der Waals surface area contributed by atoms with Gasteiger partial charge in [-0.3, -0.25) is 4.79 Å². The topological polar surface area (TPSA) is 69.1 Å². The number of nitrogens with two attached hydrogens (primary N) is 1. The van der Waals surface area contributed by atoms with E-state index < -0.39 is 0 Å². The van der Waals surface area contributed by atoms with Gasteiger partial charge >= 0.3 is 0 Å². The summed E-state index contributed by atoms with van der Waals surface area (Å²) in [5.74, 6) is 0.714. The number of fused-ring (bicyclic) bond motifs is 3. The Morgan fingerprint density at radius 3 is 2.33 bits per heavy atom. The fourth-order valence-corrected chi connectivity index (χ4v) is 5.86. The number of nitrogens with zero attached hydrogens (tertiary/aromatic N) is 1. The van der Waals surface area contributed by atoms with Crippen LogP contribution in [0.5, 0.6) is 0 Å². The summed E-state index contributed by atoms with van der Waals surface area (Å²) >= 11 is 1.38. The normalized spacial score (nSPS) is 13.2. The Morgan fingerprint density at radius 1 is 0.879 bits per heavy atom. The second-order valence-corrected chi connectivity index (χ2v) is 9.40. The third-order valence-electron chi connectivity index (χ3n) is 6.41. The molecule has 3 heterocycles. The Kier molecular flexibility index (Phi) is 4.84. The molecule has 5 heteroatoms. The van der Waals surface area contributed by atoms with Crippen molar-refractivity contribution in [2.45, 2.75) is 25.7 Å². The van der Waals surface area contributed by atoms with Crippen LogP contribution < -0.4 is 5.73 Å². The SMILES string of the molecule is Nc1c(C(=O)c2ccc(-c3ccccc3)cc2)sc2nc(-c3ccco3)c3c(c12)CCCC3. The number of aromatic nitrogens is 1. The molecule has 0 bridgehead atoms. The number of rotatable bonds is 4. The first-order chi connectivity index (χ1) is 16.2. The molecule has 0 aliphatic heterocycles. The summed E-state index contributed by atoms with van der Waals surface area (Å²) in [4.78, 5) is 19.8. The standard InChI is InChI=1S/C28H22N2O2S/c29-24-23-20-9-4-5-10-21(20)25(22-11-6-16-32-22)30-28(23)33-27(24)26(31)19-14-12-18(13-15-19)17-7-2-1-3-8-17/h1-3,6-8,11-16H,4-5,9-10,29H2. The third kappa shape index (κ3) is 3.36. The van der Waals surface area contributed by atoms with Gasteiger partial charge in [0, 0.05) is 10.9 Å². The maximum atomic E-state index is 13.5. The van der Waals surface area contributed by atoms with E-state index in [1.54, 1.807) is 6.26 Å². The first-order valence-corrected chi connectivity index (χ1v) is 12.0. The van der Waals surface area contributed by atoms with Crippen molar-refractivity contribution in [1.82, 2.24) is 4.98 Å². The molecule has 3 aromatic heterocycles. The molecule has 1 aliphatic carbocycles. The summed E-state index contributed by atoms with van der Waals surface area (Å²) in [6.45, 7) is 0. The minimum absolute atomic E-state index is 0.0563. The van der Waals surface area contributed by atoms with Crippen molar-refractivity contribution >= 4 is 33.0 Å². The van der Waals surface area contributed by atoms with Gasteiger partial charge < -0.3 is 10.2 Å². The smallest absolute Gasteiger partial charge is 0.205 e. The molecule has 0 amide bonds. The average molecular weight is 451 g/mol. The maximum absolute atomic E-state index is 13.5. The lowest BCUT2D eigenvalue weighted by molar-refractivity contribution is 0.104. The van der Waals surface area contributed by atoms with Gasteiger partial charge in [-0.05, 0) is 60.1 Å². The molecular formula is C28H22N2O2S. The highest BCUT2D eigenvalue weighted by Crippen LogP contribution is 2.42. The number of nitrogen functional groups attached to an aromatic ring is 1. The lowest BCUT2D eigenvalue weighted by Crippen LogP contribution is -2.08. The second kappa shape index (κ2) is 8.01. The van der Waals surface area contributed by atoms with E-state index in [9.17, 15) is 4.79 Å². The summed E-state index contributed by atoms with van der Waals surface area (Å²) in [5, 5.41) is 0.953. The van der Waals surface area contributed by atoms with Crippen molar-refractivity contribution in [2.24, 2.45) is 0 Å². The Morgan fingerprint density at radius 2 is 1.61 bits per heavy atom. The Bertz CT molecular complexity index is 1470.